The van der Waals surface area contributed by atoms with Gasteiger partial charge in [0.2, 0.25) is 0 Å². The first kappa shape index (κ1) is 13.9. The van der Waals surface area contributed by atoms with Crippen LogP contribution in [0.5, 0.6) is 0 Å². The fourth-order valence-electron chi connectivity index (χ4n) is 2.96. The van der Waals surface area contributed by atoms with Gasteiger partial charge in [-0.1, -0.05) is 12.1 Å². The molecular weight excluding hydrogens is 274 g/mol. The Kier molecular flexibility index (Phi) is 3.70. The van der Waals surface area contributed by atoms with Crippen molar-refractivity contribution < 1.29 is 8.42 Å². The molecule has 6 heteroatoms. The van der Waals surface area contributed by atoms with Crippen molar-refractivity contribution in [2.45, 2.75) is 25.8 Å². The second-order valence-corrected chi connectivity index (χ2v) is 7.42. The van der Waals surface area contributed by atoms with Gasteiger partial charge >= 0.3 is 10.2 Å². The summed E-state index contributed by atoms with van der Waals surface area (Å²) in [7, 11) is -3.36. The topological polar surface area (TPSA) is 52.6 Å². The molecule has 1 aromatic rings. The fourth-order valence-corrected chi connectivity index (χ4v) is 4.61. The lowest BCUT2D eigenvalue weighted by molar-refractivity contribution is 0.398. The van der Waals surface area contributed by atoms with Gasteiger partial charge in [-0.3, -0.25) is 4.31 Å². The molecule has 1 unspecified atom stereocenters. The van der Waals surface area contributed by atoms with E-state index in [1.54, 1.807) is 4.31 Å². The lowest BCUT2D eigenvalue weighted by atomic mass is 10.2. The summed E-state index contributed by atoms with van der Waals surface area (Å²) in [5.41, 5.74) is 1.85. The molecule has 0 bridgehead atoms. The van der Waals surface area contributed by atoms with Crippen molar-refractivity contribution >= 4 is 15.9 Å². The van der Waals surface area contributed by atoms with Gasteiger partial charge < -0.3 is 5.32 Å². The van der Waals surface area contributed by atoms with Gasteiger partial charge in [0.25, 0.3) is 0 Å². The maximum atomic E-state index is 12.6. The number of hydrogen-bond donors (Lipinski definition) is 1. The molecule has 20 heavy (non-hydrogen) atoms. The molecule has 2 aliphatic rings. The quantitative estimate of drug-likeness (QED) is 0.909. The number of benzene rings is 1. The Balaban J connectivity index is 1.78. The van der Waals surface area contributed by atoms with E-state index in [2.05, 4.69) is 5.32 Å². The van der Waals surface area contributed by atoms with E-state index >= 15 is 0 Å². The highest BCUT2D eigenvalue weighted by atomic mass is 32.2. The van der Waals surface area contributed by atoms with Gasteiger partial charge in [0.1, 0.15) is 0 Å². The predicted molar refractivity (Wildman–Crippen MR) is 80.0 cm³/mol. The zero-order valence-electron chi connectivity index (χ0n) is 11.7. The molecule has 0 amide bonds. The van der Waals surface area contributed by atoms with Crippen LogP contribution in [0.25, 0.3) is 0 Å². The third-order valence-electron chi connectivity index (χ3n) is 4.03. The molecule has 1 aromatic carbocycles. The van der Waals surface area contributed by atoms with Gasteiger partial charge in [-0.25, -0.2) is 0 Å². The van der Waals surface area contributed by atoms with Crippen LogP contribution < -0.4 is 9.62 Å². The Morgan fingerprint density at radius 1 is 1.35 bits per heavy atom. The van der Waals surface area contributed by atoms with Crippen LogP contribution in [0, 0.1) is 6.92 Å². The molecule has 2 aliphatic heterocycles. The first-order chi connectivity index (χ1) is 9.57. The summed E-state index contributed by atoms with van der Waals surface area (Å²) in [6, 6.07) is 7.98. The van der Waals surface area contributed by atoms with E-state index in [9.17, 15) is 8.42 Å². The zero-order valence-corrected chi connectivity index (χ0v) is 12.6. The van der Waals surface area contributed by atoms with E-state index in [0.717, 1.165) is 30.6 Å². The minimum atomic E-state index is -3.36. The highest BCUT2D eigenvalue weighted by Gasteiger charge is 2.38. The van der Waals surface area contributed by atoms with Crippen molar-refractivity contribution in [3.8, 4) is 0 Å². The molecular formula is C14H21N3O2S. The van der Waals surface area contributed by atoms with Crippen LogP contribution in [0.2, 0.25) is 0 Å². The third kappa shape index (κ3) is 2.55. The largest absolute Gasteiger partial charge is 0.313 e. The first-order valence-electron chi connectivity index (χ1n) is 7.15. The number of rotatable bonds is 3. The standard InChI is InChI=1S/C14H21N3O2S/c1-12-4-2-6-14(10-12)17-9-8-16(20(17,18)19)11-13-5-3-7-15-13/h2,4,6,10,13,15H,3,5,7-9,11H2,1H3. The second kappa shape index (κ2) is 5.35. The minimum Gasteiger partial charge on any atom is -0.313 e. The molecule has 110 valence electrons. The maximum Gasteiger partial charge on any atom is 0.304 e. The van der Waals surface area contributed by atoms with Gasteiger partial charge in [-0.2, -0.15) is 12.7 Å². The summed E-state index contributed by atoms with van der Waals surface area (Å²) in [5.74, 6) is 0. The van der Waals surface area contributed by atoms with E-state index in [1.165, 1.54) is 4.31 Å². The van der Waals surface area contributed by atoms with Crippen LogP contribution in [-0.2, 0) is 10.2 Å². The summed E-state index contributed by atoms with van der Waals surface area (Å²) in [5, 5.41) is 3.36. The van der Waals surface area contributed by atoms with Gasteiger partial charge in [0.05, 0.1) is 5.69 Å². The van der Waals surface area contributed by atoms with Crippen molar-refractivity contribution in [1.82, 2.24) is 9.62 Å². The van der Waals surface area contributed by atoms with Crippen LogP contribution in [0.1, 0.15) is 18.4 Å². The Morgan fingerprint density at radius 3 is 2.90 bits per heavy atom. The smallest absolute Gasteiger partial charge is 0.304 e. The van der Waals surface area contributed by atoms with Crippen molar-refractivity contribution in [3.05, 3.63) is 29.8 Å². The van der Waals surface area contributed by atoms with Crippen molar-refractivity contribution in [2.75, 3.05) is 30.5 Å². The fraction of sp³-hybridized carbons (Fsp3) is 0.571. The molecule has 1 N–H and O–H groups in total. The highest BCUT2D eigenvalue weighted by Crippen LogP contribution is 2.26. The Bertz CT molecular complexity index is 582. The summed E-state index contributed by atoms with van der Waals surface area (Å²) in [6.45, 7) is 4.68. The monoisotopic (exact) mass is 295 g/mol. The van der Waals surface area contributed by atoms with Crippen LogP contribution >= 0.6 is 0 Å². The maximum absolute atomic E-state index is 12.6. The molecule has 1 atom stereocenters. The second-order valence-electron chi connectivity index (χ2n) is 5.57. The minimum absolute atomic E-state index is 0.308. The normalized spacial score (nSPS) is 26.2. The molecule has 2 fully saturated rings. The van der Waals surface area contributed by atoms with Crippen LogP contribution in [-0.4, -0.2) is 44.9 Å². The molecule has 0 radical (unpaired) electrons. The molecule has 5 nitrogen and oxygen atoms in total. The van der Waals surface area contributed by atoms with Gasteiger partial charge in [0, 0.05) is 25.7 Å². The molecule has 0 saturated carbocycles. The van der Waals surface area contributed by atoms with Crippen molar-refractivity contribution in [1.29, 1.82) is 0 Å². The van der Waals surface area contributed by atoms with E-state index in [1.807, 2.05) is 31.2 Å². The lowest BCUT2D eigenvalue weighted by Crippen LogP contribution is -2.40. The van der Waals surface area contributed by atoms with Crippen LogP contribution in [0.15, 0.2) is 24.3 Å². The SMILES string of the molecule is Cc1cccc(N2CCN(CC3CCCN3)S2(=O)=O)c1. The summed E-state index contributed by atoms with van der Waals surface area (Å²) < 4.78 is 28.4. The molecule has 2 heterocycles. The van der Waals surface area contributed by atoms with E-state index in [4.69, 9.17) is 0 Å². The number of nitrogens with zero attached hydrogens (tertiary/aromatic N) is 2. The van der Waals surface area contributed by atoms with Gasteiger partial charge in [-0.15, -0.1) is 0 Å². The molecule has 0 aliphatic carbocycles. The summed E-state index contributed by atoms with van der Waals surface area (Å²) in [6.07, 6.45) is 2.20. The number of hydrogen-bond acceptors (Lipinski definition) is 3. The van der Waals surface area contributed by atoms with Crippen LogP contribution in [0.4, 0.5) is 5.69 Å². The number of aryl methyl sites for hydroxylation is 1. The van der Waals surface area contributed by atoms with Crippen LogP contribution in [0.3, 0.4) is 0 Å². The molecule has 0 spiro atoms. The Morgan fingerprint density at radius 2 is 2.20 bits per heavy atom. The van der Waals surface area contributed by atoms with Gasteiger partial charge in [0.15, 0.2) is 0 Å². The number of anilines is 1. The summed E-state index contributed by atoms with van der Waals surface area (Å²) >= 11 is 0. The number of nitrogens with one attached hydrogen (secondary N) is 1. The van der Waals surface area contributed by atoms with Crippen molar-refractivity contribution in [2.24, 2.45) is 0 Å². The van der Waals surface area contributed by atoms with E-state index in [0.29, 0.717) is 25.7 Å². The predicted octanol–water partition coefficient (Wildman–Crippen LogP) is 1.11. The average molecular weight is 295 g/mol. The zero-order chi connectivity index (χ0) is 14.2. The van der Waals surface area contributed by atoms with Crippen molar-refractivity contribution in [3.63, 3.8) is 0 Å². The molecule has 2 saturated heterocycles. The Hall–Kier alpha value is -1.11. The first-order valence-corrected chi connectivity index (χ1v) is 8.55. The molecule has 3 rings (SSSR count). The third-order valence-corrected chi connectivity index (χ3v) is 5.97. The molecule has 0 aromatic heterocycles. The highest BCUT2D eigenvalue weighted by molar-refractivity contribution is 7.90. The van der Waals surface area contributed by atoms with Gasteiger partial charge in [-0.05, 0) is 44.0 Å². The lowest BCUT2D eigenvalue weighted by Gasteiger charge is -2.22. The van der Waals surface area contributed by atoms with E-state index < -0.39 is 10.2 Å². The Labute approximate surface area is 120 Å². The van der Waals surface area contributed by atoms with E-state index in [-0.39, 0.29) is 0 Å². The average Bonchev–Trinajstić information content (AvgIpc) is 2.99. The summed E-state index contributed by atoms with van der Waals surface area (Å²) in [4.78, 5) is 0.